The van der Waals surface area contributed by atoms with E-state index in [9.17, 15) is 9.59 Å². The summed E-state index contributed by atoms with van der Waals surface area (Å²) in [6.07, 6.45) is 0. The lowest BCUT2D eigenvalue weighted by Gasteiger charge is -2.15. The summed E-state index contributed by atoms with van der Waals surface area (Å²) in [5.41, 5.74) is 0.740. The molecule has 3 rings (SSSR count). The maximum absolute atomic E-state index is 12.4. The molecule has 0 fully saturated rings. The SMILES string of the molecule is CCn1nc(-c2ccccc2OC)cc2c(=O)n(C)c(=O)nc1-2. The molecule has 0 aliphatic carbocycles. The first-order valence-corrected chi connectivity index (χ1v) is 7.19. The van der Waals surface area contributed by atoms with E-state index in [2.05, 4.69) is 10.1 Å². The Morgan fingerprint density at radius 2 is 1.91 bits per heavy atom. The van der Waals surface area contributed by atoms with E-state index in [4.69, 9.17) is 4.74 Å². The predicted molar refractivity (Wildman–Crippen MR) is 85.8 cm³/mol. The van der Waals surface area contributed by atoms with Crippen molar-refractivity contribution in [3.05, 3.63) is 51.2 Å². The van der Waals surface area contributed by atoms with Crippen LogP contribution < -0.4 is 16.0 Å². The second-order valence-corrected chi connectivity index (χ2v) is 5.04. The molecule has 0 radical (unpaired) electrons. The Morgan fingerprint density at radius 1 is 1.17 bits per heavy atom. The highest BCUT2D eigenvalue weighted by molar-refractivity contribution is 5.71. The van der Waals surface area contributed by atoms with E-state index >= 15 is 0 Å². The molecule has 7 nitrogen and oxygen atoms in total. The average Bonchev–Trinajstić information content (AvgIpc) is 2.59. The normalized spacial score (nSPS) is 10.9. The second kappa shape index (κ2) is 5.68. The zero-order valence-corrected chi connectivity index (χ0v) is 13.1. The minimum atomic E-state index is -0.587. The first kappa shape index (κ1) is 15.0. The van der Waals surface area contributed by atoms with E-state index in [1.165, 1.54) is 7.05 Å². The molecular formula is C16H16N4O3. The zero-order valence-electron chi connectivity index (χ0n) is 13.1. The van der Waals surface area contributed by atoms with E-state index in [1.54, 1.807) is 17.9 Å². The van der Waals surface area contributed by atoms with Gasteiger partial charge < -0.3 is 4.74 Å². The Bertz CT molecular complexity index is 958. The lowest BCUT2D eigenvalue weighted by molar-refractivity contribution is 0.416. The molecule has 0 N–H and O–H groups in total. The van der Waals surface area contributed by atoms with Crippen LogP contribution in [0.25, 0.3) is 22.6 Å². The van der Waals surface area contributed by atoms with E-state index in [1.807, 2.05) is 31.2 Å². The number of methoxy groups -OCH3 is 1. The van der Waals surface area contributed by atoms with Crippen LogP contribution in [0.4, 0.5) is 0 Å². The van der Waals surface area contributed by atoms with Crippen molar-refractivity contribution in [2.75, 3.05) is 7.11 Å². The highest BCUT2D eigenvalue weighted by Gasteiger charge is 2.19. The van der Waals surface area contributed by atoms with E-state index in [0.717, 1.165) is 10.1 Å². The largest absolute Gasteiger partial charge is 0.496 e. The van der Waals surface area contributed by atoms with E-state index < -0.39 is 5.69 Å². The monoisotopic (exact) mass is 312 g/mol. The van der Waals surface area contributed by atoms with Crippen molar-refractivity contribution < 1.29 is 4.74 Å². The van der Waals surface area contributed by atoms with Crippen molar-refractivity contribution in [3.63, 3.8) is 0 Å². The van der Waals surface area contributed by atoms with Gasteiger partial charge in [-0.15, -0.1) is 0 Å². The highest BCUT2D eigenvalue weighted by Crippen LogP contribution is 2.30. The first-order chi connectivity index (χ1) is 11.1. The molecule has 23 heavy (non-hydrogen) atoms. The molecule has 0 spiro atoms. The van der Waals surface area contributed by atoms with Gasteiger partial charge in [-0.1, -0.05) is 12.1 Å². The summed E-state index contributed by atoms with van der Waals surface area (Å²) in [6.45, 7) is 2.36. The van der Waals surface area contributed by atoms with Crippen molar-refractivity contribution in [1.29, 1.82) is 0 Å². The smallest absolute Gasteiger partial charge is 0.352 e. The highest BCUT2D eigenvalue weighted by atomic mass is 16.5. The van der Waals surface area contributed by atoms with Gasteiger partial charge in [-0.3, -0.25) is 9.36 Å². The van der Waals surface area contributed by atoms with Gasteiger partial charge in [-0.05, 0) is 25.1 Å². The van der Waals surface area contributed by atoms with Gasteiger partial charge in [0.25, 0.3) is 5.56 Å². The molecule has 0 aromatic heterocycles. The maximum atomic E-state index is 12.4. The summed E-state index contributed by atoms with van der Waals surface area (Å²) < 4.78 is 7.91. The third-order valence-electron chi connectivity index (χ3n) is 3.70. The van der Waals surface area contributed by atoms with Crippen molar-refractivity contribution >= 4 is 0 Å². The zero-order chi connectivity index (χ0) is 16.6. The van der Waals surface area contributed by atoms with Crippen LogP contribution in [0.5, 0.6) is 5.75 Å². The number of fused-ring (bicyclic) bond motifs is 1. The molecule has 1 aromatic rings. The summed E-state index contributed by atoms with van der Waals surface area (Å²) in [4.78, 5) is 28.1. The average molecular weight is 312 g/mol. The van der Waals surface area contributed by atoms with Gasteiger partial charge in [0, 0.05) is 19.2 Å². The maximum Gasteiger partial charge on any atom is 0.352 e. The summed E-state index contributed by atoms with van der Waals surface area (Å²) >= 11 is 0. The number of hydrogen-bond acceptors (Lipinski definition) is 5. The van der Waals surface area contributed by atoms with Gasteiger partial charge in [0.1, 0.15) is 5.75 Å². The Kier molecular flexibility index (Phi) is 3.69. The topological polar surface area (TPSA) is 79.0 Å². The van der Waals surface area contributed by atoms with E-state index in [0.29, 0.717) is 29.4 Å². The molecule has 0 amide bonds. The predicted octanol–water partition coefficient (Wildman–Crippen LogP) is 1.14. The van der Waals surface area contributed by atoms with Crippen molar-refractivity contribution in [1.82, 2.24) is 19.3 Å². The fourth-order valence-electron chi connectivity index (χ4n) is 2.46. The number of para-hydroxylation sites is 1. The molecular weight excluding hydrogens is 296 g/mol. The van der Waals surface area contributed by atoms with Crippen molar-refractivity contribution in [2.45, 2.75) is 13.5 Å². The lowest BCUT2D eigenvalue weighted by Crippen LogP contribution is -2.36. The van der Waals surface area contributed by atoms with Crippen LogP contribution in [-0.2, 0) is 13.6 Å². The summed E-state index contributed by atoms with van der Waals surface area (Å²) in [5, 5.41) is 4.50. The van der Waals surface area contributed by atoms with Gasteiger partial charge in [0.2, 0.25) is 0 Å². The summed E-state index contributed by atoms with van der Waals surface area (Å²) in [6, 6.07) is 9.08. The van der Waals surface area contributed by atoms with Crippen LogP contribution in [0, 0.1) is 0 Å². The molecule has 0 bridgehead atoms. The molecule has 1 aromatic carbocycles. The Hall–Kier alpha value is -2.96. The molecule has 2 heterocycles. The Balaban J connectivity index is 2.39. The van der Waals surface area contributed by atoms with Crippen LogP contribution in [0.1, 0.15) is 6.92 Å². The van der Waals surface area contributed by atoms with Crippen LogP contribution in [0.2, 0.25) is 0 Å². The first-order valence-electron chi connectivity index (χ1n) is 7.19. The number of aromatic nitrogens is 4. The standard InChI is InChI=1S/C16H16N4O3/c1-4-20-14-11(15(21)19(2)16(22)17-14)9-12(18-20)10-7-5-6-8-13(10)23-3/h5-9H,4H2,1-3H3. The number of ether oxygens (including phenoxy) is 1. The van der Waals surface area contributed by atoms with Gasteiger partial charge in [-0.2, -0.15) is 10.1 Å². The fourth-order valence-corrected chi connectivity index (χ4v) is 2.46. The summed E-state index contributed by atoms with van der Waals surface area (Å²) in [7, 11) is 2.99. The molecule has 2 aliphatic heterocycles. The third kappa shape index (κ3) is 2.40. The molecule has 2 aliphatic rings. The van der Waals surface area contributed by atoms with Crippen LogP contribution in [0.3, 0.4) is 0 Å². The molecule has 118 valence electrons. The molecule has 0 unspecified atom stereocenters. The number of nitrogens with zero attached hydrogens (tertiary/aromatic N) is 4. The minimum Gasteiger partial charge on any atom is -0.496 e. The number of aryl methyl sites for hydroxylation is 1. The Morgan fingerprint density at radius 3 is 2.61 bits per heavy atom. The lowest BCUT2D eigenvalue weighted by atomic mass is 10.1. The van der Waals surface area contributed by atoms with Crippen LogP contribution in [-0.4, -0.2) is 26.4 Å². The van der Waals surface area contributed by atoms with Crippen molar-refractivity contribution in [2.24, 2.45) is 7.05 Å². The number of hydrogen-bond donors (Lipinski definition) is 0. The van der Waals surface area contributed by atoms with Gasteiger partial charge >= 0.3 is 5.69 Å². The van der Waals surface area contributed by atoms with Crippen molar-refractivity contribution in [3.8, 4) is 28.4 Å². The van der Waals surface area contributed by atoms with Gasteiger partial charge in [0.05, 0.1) is 18.4 Å². The van der Waals surface area contributed by atoms with Gasteiger partial charge in [-0.25, -0.2) is 9.48 Å². The Labute approximate surface area is 132 Å². The van der Waals surface area contributed by atoms with Gasteiger partial charge in [0.15, 0.2) is 5.82 Å². The van der Waals surface area contributed by atoms with E-state index in [-0.39, 0.29) is 5.56 Å². The second-order valence-electron chi connectivity index (χ2n) is 5.04. The number of benzene rings is 1. The minimum absolute atomic E-state index is 0.291. The quantitative estimate of drug-likeness (QED) is 0.724. The molecule has 0 saturated heterocycles. The van der Waals surface area contributed by atoms with Crippen LogP contribution in [0.15, 0.2) is 39.9 Å². The summed E-state index contributed by atoms with van der Waals surface area (Å²) in [5.74, 6) is 0.950. The van der Waals surface area contributed by atoms with Crippen LogP contribution >= 0.6 is 0 Å². The molecule has 0 atom stereocenters. The molecule has 7 heteroatoms. The fraction of sp³-hybridized carbons (Fsp3) is 0.250. The third-order valence-corrected chi connectivity index (χ3v) is 3.70. The molecule has 0 saturated carbocycles. The number of rotatable bonds is 3.